The molecular weight excluding hydrogens is 216 g/mol. The largest absolute Gasteiger partial charge is 0.480 e. The van der Waals surface area contributed by atoms with E-state index in [0.29, 0.717) is 6.54 Å². The summed E-state index contributed by atoms with van der Waals surface area (Å²) in [5.41, 5.74) is 2.52. The van der Waals surface area contributed by atoms with E-state index in [1.54, 1.807) is 7.05 Å². The Hall–Kier alpha value is -1.39. The molecule has 0 amide bonds. The van der Waals surface area contributed by atoms with Crippen molar-refractivity contribution in [2.75, 3.05) is 20.1 Å². The van der Waals surface area contributed by atoms with Crippen LogP contribution in [0, 0.1) is 6.92 Å². The molecule has 0 aromatic heterocycles. The van der Waals surface area contributed by atoms with Crippen LogP contribution in [-0.2, 0) is 11.2 Å². The lowest BCUT2D eigenvalue weighted by atomic mass is 10.1. The summed E-state index contributed by atoms with van der Waals surface area (Å²) in [6.07, 6.45) is 0.913. The van der Waals surface area contributed by atoms with Gasteiger partial charge in [0.15, 0.2) is 0 Å². The van der Waals surface area contributed by atoms with Gasteiger partial charge < -0.3 is 15.7 Å². The van der Waals surface area contributed by atoms with Gasteiger partial charge in [-0.25, -0.2) is 0 Å². The van der Waals surface area contributed by atoms with Gasteiger partial charge in [-0.2, -0.15) is 0 Å². The van der Waals surface area contributed by atoms with E-state index in [9.17, 15) is 4.79 Å². The van der Waals surface area contributed by atoms with Gasteiger partial charge in [-0.1, -0.05) is 29.8 Å². The van der Waals surface area contributed by atoms with Crippen molar-refractivity contribution >= 4 is 5.97 Å². The van der Waals surface area contributed by atoms with Gasteiger partial charge in [0.05, 0.1) is 0 Å². The Morgan fingerprint density at radius 2 is 2.00 bits per heavy atom. The third kappa shape index (κ3) is 4.97. The van der Waals surface area contributed by atoms with Gasteiger partial charge in [-0.15, -0.1) is 0 Å². The minimum Gasteiger partial charge on any atom is -0.480 e. The van der Waals surface area contributed by atoms with Gasteiger partial charge in [-0.05, 0) is 32.5 Å². The summed E-state index contributed by atoms with van der Waals surface area (Å²) in [5, 5.41) is 14.7. The number of hydrogen-bond acceptors (Lipinski definition) is 3. The zero-order chi connectivity index (χ0) is 12.7. The van der Waals surface area contributed by atoms with Gasteiger partial charge in [-0.3, -0.25) is 4.79 Å². The van der Waals surface area contributed by atoms with Crippen LogP contribution in [0.25, 0.3) is 0 Å². The first-order valence-electron chi connectivity index (χ1n) is 5.80. The molecule has 0 aliphatic rings. The molecule has 0 bridgehead atoms. The number of benzene rings is 1. The van der Waals surface area contributed by atoms with Gasteiger partial charge in [0.25, 0.3) is 0 Å². The fourth-order valence-electron chi connectivity index (χ4n) is 1.55. The Labute approximate surface area is 102 Å². The van der Waals surface area contributed by atoms with Crippen LogP contribution in [0.15, 0.2) is 24.3 Å². The van der Waals surface area contributed by atoms with Crippen LogP contribution in [0.3, 0.4) is 0 Å². The van der Waals surface area contributed by atoms with E-state index in [0.717, 1.165) is 13.0 Å². The number of carboxylic acid groups (broad SMARTS) is 1. The molecular formula is C13H20N2O2. The lowest BCUT2D eigenvalue weighted by molar-refractivity contribution is -0.139. The van der Waals surface area contributed by atoms with Gasteiger partial charge in [0.2, 0.25) is 0 Å². The van der Waals surface area contributed by atoms with Crippen molar-refractivity contribution < 1.29 is 9.90 Å². The monoisotopic (exact) mass is 236 g/mol. The van der Waals surface area contributed by atoms with E-state index < -0.39 is 12.0 Å². The quantitative estimate of drug-likeness (QED) is 0.613. The molecule has 3 N–H and O–H groups in total. The number of rotatable bonds is 7. The number of aryl methyl sites for hydroxylation is 1. The predicted octanol–water partition coefficient (Wildman–Crippen LogP) is 0.800. The molecule has 1 aromatic rings. The second-order valence-electron chi connectivity index (χ2n) is 4.12. The standard InChI is InChI=1S/C13H20N2O2/c1-10-3-5-11(6-4-10)7-8-15-9-12(14-2)13(16)17/h3-6,12,14-15H,7-9H2,1-2H3,(H,16,17). The molecule has 0 spiro atoms. The van der Waals surface area contributed by atoms with Crippen LogP contribution < -0.4 is 10.6 Å². The van der Waals surface area contributed by atoms with E-state index in [4.69, 9.17) is 5.11 Å². The Bertz CT molecular complexity index is 349. The summed E-state index contributed by atoms with van der Waals surface area (Å²) < 4.78 is 0. The predicted molar refractivity (Wildman–Crippen MR) is 68.2 cm³/mol. The zero-order valence-electron chi connectivity index (χ0n) is 10.4. The molecule has 4 nitrogen and oxygen atoms in total. The van der Waals surface area contributed by atoms with Crippen LogP contribution in [-0.4, -0.2) is 37.3 Å². The number of carbonyl (C=O) groups is 1. The minimum atomic E-state index is -0.824. The molecule has 0 aliphatic carbocycles. The molecule has 0 aliphatic heterocycles. The van der Waals surface area contributed by atoms with Crippen LogP contribution in [0.5, 0.6) is 0 Å². The van der Waals surface area contributed by atoms with Crippen LogP contribution in [0.4, 0.5) is 0 Å². The Kier molecular flexibility index (Phi) is 5.66. The highest BCUT2D eigenvalue weighted by Crippen LogP contribution is 2.02. The number of likely N-dealkylation sites (N-methyl/N-ethyl adjacent to an activating group) is 1. The molecule has 1 aromatic carbocycles. The highest BCUT2D eigenvalue weighted by molar-refractivity contribution is 5.73. The molecule has 1 rings (SSSR count). The number of carboxylic acids is 1. The van der Waals surface area contributed by atoms with Gasteiger partial charge in [0, 0.05) is 6.54 Å². The fourth-order valence-corrected chi connectivity index (χ4v) is 1.55. The Morgan fingerprint density at radius 3 is 2.53 bits per heavy atom. The summed E-state index contributed by atoms with van der Waals surface area (Å²) in [6.45, 7) is 3.29. The maximum absolute atomic E-state index is 10.7. The van der Waals surface area contributed by atoms with E-state index in [1.807, 2.05) is 0 Å². The topological polar surface area (TPSA) is 61.4 Å². The van der Waals surface area contributed by atoms with Crippen molar-refractivity contribution in [2.45, 2.75) is 19.4 Å². The first-order chi connectivity index (χ1) is 8.13. The van der Waals surface area contributed by atoms with Crippen molar-refractivity contribution in [1.82, 2.24) is 10.6 Å². The van der Waals surface area contributed by atoms with Crippen molar-refractivity contribution in [2.24, 2.45) is 0 Å². The third-order valence-electron chi connectivity index (χ3n) is 2.71. The first kappa shape index (κ1) is 13.7. The smallest absolute Gasteiger partial charge is 0.322 e. The second kappa shape index (κ2) is 7.04. The van der Waals surface area contributed by atoms with Crippen LogP contribution in [0.2, 0.25) is 0 Å². The Balaban J connectivity index is 2.24. The summed E-state index contributed by atoms with van der Waals surface area (Å²) in [6, 6.07) is 7.85. The molecule has 1 atom stereocenters. The summed E-state index contributed by atoms with van der Waals surface area (Å²) >= 11 is 0. The van der Waals surface area contributed by atoms with Gasteiger partial charge >= 0.3 is 5.97 Å². The van der Waals surface area contributed by atoms with Crippen molar-refractivity contribution in [3.63, 3.8) is 0 Å². The molecule has 0 heterocycles. The molecule has 4 heteroatoms. The summed E-state index contributed by atoms with van der Waals surface area (Å²) in [4.78, 5) is 10.7. The fraction of sp³-hybridized carbons (Fsp3) is 0.462. The van der Waals surface area contributed by atoms with Crippen LogP contribution in [0.1, 0.15) is 11.1 Å². The van der Waals surface area contributed by atoms with E-state index >= 15 is 0 Å². The molecule has 17 heavy (non-hydrogen) atoms. The number of aliphatic carboxylic acids is 1. The maximum Gasteiger partial charge on any atom is 0.322 e. The molecule has 0 fully saturated rings. The van der Waals surface area contributed by atoms with Gasteiger partial charge in [0.1, 0.15) is 6.04 Å². The number of hydrogen-bond donors (Lipinski definition) is 3. The van der Waals surface area contributed by atoms with Crippen molar-refractivity contribution in [3.05, 3.63) is 35.4 Å². The molecule has 1 unspecified atom stereocenters. The molecule has 0 radical (unpaired) electrons. The lowest BCUT2D eigenvalue weighted by Gasteiger charge is -2.12. The third-order valence-corrected chi connectivity index (χ3v) is 2.71. The van der Waals surface area contributed by atoms with E-state index in [2.05, 4.69) is 41.8 Å². The average Bonchev–Trinajstić information content (AvgIpc) is 2.31. The lowest BCUT2D eigenvalue weighted by Crippen LogP contribution is -2.43. The summed E-state index contributed by atoms with van der Waals surface area (Å²) in [7, 11) is 1.65. The SMILES string of the molecule is CNC(CNCCc1ccc(C)cc1)C(=O)O. The maximum atomic E-state index is 10.7. The second-order valence-corrected chi connectivity index (χ2v) is 4.12. The first-order valence-corrected chi connectivity index (χ1v) is 5.80. The Morgan fingerprint density at radius 1 is 1.35 bits per heavy atom. The molecule has 94 valence electrons. The van der Waals surface area contributed by atoms with Crippen LogP contribution >= 0.6 is 0 Å². The highest BCUT2D eigenvalue weighted by Gasteiger charge is 2.13. The van der Waals surface area contributed by atoms with E-state index in [-0.39, 0.29) is 0 Å². The van der Waals surface area contributed by atoms with Crippen molar-refractivity contribution in [1.29, 1.82) is 0 Å². The molecule has 0 saturated carbocycles. The normalized spacial score (nSPS) is 12.4. The average molecular weight is 236 g/mol. The molecule has 0 saturated heterocycles. The minimum absolute atomic E-state index is 0.442. The summed E-state index contributed by atoms with van der Waals surface area (Å²) in [5.74, 6) is -0.824. The van der Waals surface area contributed by atoms with Crippen molar-refractivity contribution in [3.8, 4) is 0 Å². The zero-order valence-corrected chi connectivity index (χ0v) is 10.4. The highest BCUT2D eigenvalue weighted by atomic mass is 16.4. The van der Waals surface area contributed by atoms with E-state index in [1.165, 1.54) is 11.1 Å². The number of nitrogens with one attached hydrogen (secondary N) is 2.